The summed E-state index contributed by atoms with van der Waals surface area (Å²) in [6.07, 6.45) is 7.35. The minimum absolute atomic E-state index is 0.158. The summed E-state index contributed by atoms with van der Waals surface area (Å²) < 4.78 is 63.7. The van der Waals surface area contributed by atoms with Gasteiger partial charge in [-0.3, -0.25) is 4.79 Å². The number of carbonyl (C=O) groups is 1. The average Bonchev–Trinajstić information content (AvgIpc) is 3.31. The third kappa shape index (κ3) is 5.68. The van der Waals surface area contributed by atoms with Gasteiger partial charge in [-0.15, -0.1) is 0 Å². The van der Waals surface area contributed by atoms with Gasteiger partial charge in [0.2, 0.25) is 10.0 Å². The zero-order chi connectivity index (χ0) is 27.7. The number of benzene rings is 2. The van der Waals surface area contributed by atoms with Crippen molar-refractivity contribution in [2.45, 2.75) is 56.1 Å². The fraction of sp³-hybridized carbons (Fsp3) is 0.464. The van der Waals surface area contributed by atoms with Gasteiger partial charge in [0, 0.05) is 37.2 Å². The van der Waals surface area contributed by atoms with Crippen LogP contribution in [0.5, 0.6) is 0 Å². The number of amides is 1. The molecule has 1 saturated heterocycles. The first-order valence-electron chi connectivity index (χ1n) is 13.4. The molecule has 0 spiro atoms. The van der Waals surface area contributed by atoms with Gasteiger partial charge in [0.1, 0.15) is 23.4 Å². The molecular weight excluding hydrogens is 541 g/mol. The quantitative estimate of drug-likeness (QED) is 0.377. The van der Waals surface area contributed by atoms with E-state index < -0.39 is 27.2 Å². The molecule has 1 aliphatic heterocycles. The van der Waals surface area contributed by atoms with Crippen molar-refractivity contribution in [1.29, 1.82) is 0 Å². The smallest absolute Gasteiger partial charge is 0.255 e. The Morgan fingerprint density at radius 3 is 2.49 bits per heavy atom. The lowest BCUT2D eigenvalue weighted by molar-refractivity contribution is 0.0964. The second-order valence-corrected chi connectivity index (χ2v) is 13.7. The van der Waals surface area contributed by atoms with Crippen molar-refractivity contribution in [2.24, 2.45) is 0 Å². The van der Waals surface area contributed by atoms with Crippen molar-refractivity contribution in [3.8, 4) is 11.3 Å². The zero-order valence-electron chi connectivity index (χ0n) is 22.2. The normalized spacial score (nSPS) is 20.2. The van der Waals surface area contributed by atoms with Crippen molar-refractivity contribution in [3.63, 3.8) is 0 Å². The standard InChI is InChI=1S/C28H34FN3O5S2/c1-30-28(33)26-23-15-22(19-7-6-14-32(17-19)39(35,36)21-8-4-3-5-9-21)24(31-38(2)34)16-25(23)37-27(26)18-10-12-20(29)13-11-18/h10-13,15-16,19,21,31H,3-9,14,17H2,1-2H3,(H,30,33)/t19-,38?/m0/s1. The number of nitrogens with one attached hydrogen (secondary N) is 2. The van der Waals surface area contributed by atoms with Gasteiger partial charge in [-0.2, -0.15) is 0 Å². The van der Waals surface area contributed by atoms with Gasteiger partial charge in [-0.25, -0.2) is 21.8 Å². The number of anilines is 1. The molecule has 8 nitrogen and oxygen atoms in total. The molecule has 0 bridgehead atoms. The molecule has 2 N–H and O–H groups in total. The average molecular weight is 576 g/mol. The van der Waals surface area contributed by atoms with E-state index in [2.05, 4.69) is 10.0 Å². The second-order valence-electron chi connectivity index (χ2n) is 10.4. The van der Waals surface area contributed by atoms with Crippen LogP contribution in [0.3, 0.4) is 0 Å². The van der Waals surface area contributed by atoms with Crippen LogP contribution < -0.4 is 10.0 Å². The first-order chi connectivity index (χ1) is 18.7. The Kier molecular flexibility index (Phi) is 8.23. The zero-order valence-corrected chi connectivity index (χ0v) is 23.8. The Balaban J connectivity index is 1.59. The molecule has 2 atom stereocenters. The summed E-state index contributed by atoms with van der Waals surface area (Å²) in [7, 11) is -1.90. The SMILES string of the molecule is CNC(=O)c1c(-c2ccc(F)cc2)oc2cc(N[S+](C)[O-])c([C@H]3CCCN(S(=O)(=O)C4CCCCC4)C3)cc12. The number of hydrogen-bond donors (Lipinski definition) is 2. The Morgan fingerprint density at radius 2 is 1.82 bits per heavy atom. The Hall–Kier alpha value is -2.60. The van der Waals surface area contributed by atoms with Crippen LogP contribution in [0.2, 0.25) is 0 Å². The maximum Gasteiger partial charge on any atom is 0.255 e. The number of hydrogen-bond acceptors (Lipinski definition) is 6. The number of furan rings is 1. The number of rotatable bonds is 7. The topological polar surface area (TPSA) is 115 Å². The monoisotopic (exact) mass is 575 g/mol. The van der Waals surface area contributed by atoms with E-state index in [4.69, 9.17) is 4.42 Å². The number of halogens is 1. The van der Waals surface area contributed by atoms with Crippen LogP contribution in [-0.2, 0) is 21.4 Å². The lowest BCUT2D eigenvalue weighted by Crippen LogP contribution is -2.44. The van der Waals surface area contributed by atoms with Crippen molar-refractivity contribution < 1.29 is 26.6 Å². The minimum Gasteiger partial charge on any atom is -0.593 e. The molecule has 210 valence electrons. The van der Waals surface area contributed by atoms with E-state index in [1.807, 2.05) is 6.07 Å². The molecule has 39 heavy (non-hydrogen) atoms. The summed E-state index contributed by atoms with van der Waals surface area (Å²) in [5, 5.41) is 2.89. The molecule has 1 saturated carbocycles. The molecule has 2 heterocycles. The maximum absolute atomic E-state index is 13.6. The number of fused-ring (bicyclic) bond motifs is 1. The van der Waals surface area contributed by atoms with Crippen LogP contribution >= 0.6 is 0 Å². The Morgan fingerprint density at radius 1 is 1.10 bits per heavy atom. The largest absolute Gasteiger partial charge is 0.593 e. The van der Waals surface area contributed by atoms with Gasteiger partial charge < -0.3 is 14.3 Å². The molecule has 1 aromatic heterocycles. The molecule has 2 fully saturated rings. The molecule has 5 rings (SSSR count). The molecule has 0 radical (unpaired) electrons. The van der Waals surface area contributed by atoms with Crippen LogP contribution in [0.1, 0.15) is 66.8 Å². The van der Waals surface area contributed by atoms with Gasteiger partial charge in [0.05, 0.1) is 27.9 Å². The highest BCUT2D eigenvalue weighted by atomic mass is 32.2. The van der Waals surface area contributed by atoms with E-state index in [0.29, 0.717) is 65.9 Å². The van der Waals surface area contributed by atoms with E-state index >= 15 is 0 Å². The molecule has 11 heteroatoms. The minimum atomic E-state index is -3.43. The number of nitrogens with zero attached hydrogens (tertiary/aromatic N) is 1. The van der Waals surface area contributed by atoms with Crippen LogP contribution in [0.15, 0.2) is 40.8 Å². The van der Waals surface area contributed by atoms with E-state index in [0.717, 1.165) is 31.2 Å². The predicted octanol–water partition coefficient (Wildman–Crippen LogP) is 5.15. The fourth-order valence-corrected chi connectivity index (χ4v) is 8.51. The summed E-state index contributed by atoms with van der Waals surface area (Å²) in [6, 6.07) is 9.29. The van der Waals surface area contributed by atoms with Crippen molar-refractivity contribution in [3.05, 3.63) is 53.3 Å². The third-order valence-corrected chi connectivity index (χ3v) is 10.7. The molecule has 2 aromatic carbocycles. The van der Waals surface area contributed by atoms with Crippen molar-refractivity contribution >= 4 is 43.9 Å². The van der Waals surface area contributed by atoms with Crippen molar-refractivity contribution in [1.82, 2.24) is 9.62 Å². The number of carbonyl (C=O) groups excluding carboxylic acids is 1. The van der Waals surface area contributed by atoms with Gasteiger partial charge in [0.25, 0.3) is 5.91 Å². The highest BCUT2D eigenvalue weighted by molar-refractivity contribution is 7.92. The third-order valence-electron chi connectivity index (χ3n) is 7.83. The Labute approximate surface area is 231 Å². The summed E-state index contributed by atoms with van der Waals surface area (Å²) in [6.45, 7) is 0.817. The highest BCUT2D eigenvalue weighted by Crippen LogP contribution is 2.41. The lowest BCUT2D eigenvalue weighted by Gasteiger charge is -2.36. The van der Waals surface area contributed by atoms with Gasteiger partial charge >= 0.3 is 0 Å². The Bertz CT molecular complexity index is 1450. The van der Waals surface area contributed by atoms with Crippen LogP contribution in [0.4, 0.5) is 10.1 Å². The van der Waals surface area contributed by atoms with Gasteiger partial charge in [0.15, 0.2) is 0 Å². The van der Waals surface area contributed by atoms with Crippen LogP contribution in [0.25, 0.3) is 22.3 Å². The lowest BCUT2D eigenvalue weighted by atomic mass is 9.89. The molecule has 2 aliphatic rings. The van der Waals surface area contributed by atoms with Crippen LogP contribution in [0, 0.1) is 5.82 Å². The first-order valence-corrected chi connectivity index (χ1v) is 16.4. The van der Waals surface area contributed by atoms with E-state index in [1.165, 1.54) is 25.4 Å². The van der Waals surface area contributed by atoms with E-state index in [9.17, 15) is 22.2 Å². The highest BCUT2D eigenvalue weighted by Gasteiger charge is 2.37. The molecule has 1 amide bonds. The molecule has 1 unspecified atom stereocenters. The number of piperidine rings is 1. The van der Waals surface area contributed by atoms with Gasteiger partial charge in [-0.05, 0) is 67.5 Å². The molecular formula is C28H34FN3O5S2. The van der Waals surface area contributed by atoms with E-state index in [1.54, 1.807) is 22.5 Å². The predicted molar refractivity (Wildman–Crippen MR) is 152 cm³/mol. The molecule has 1 aliphatic carbocycles. The first kappa shape index (κ1) is 27.9. The fourth-order valence-electron chi connectivity index (χ4n) is 5.90. The van der Waals surface area contributed by atoms with E-state index in [-0.39, 0.29) is 17.1 Å². The summed E-state index contributed by atoms with van der Waals surface area (Å²) in [4.78, 5) is 13.1. The number of sulfonamides is 1. The summed E-state index contributed by atoms with van der Waals surface area (Å²) in [5.74, 6) is -0.617. The summed E-state index contributed by atoms with van der Waals surface area (Å²) >= 11 is -1.40. The van der Waals surface area contributed by atoms with Crippen molar-refractivity contribution in [2.75, 3.05) is 31.1 Å². The maximum atomic E-state index is 13.6. The van der Waals surface area contributed by atoms with Gasteiger partial charge in [-0.1, -0.05) is 19.3 Å². The second kappa shape index (κ2) is 11.5. The summed E-state index contributed by atoms with van der Waals surface area (Å²) in [5.41, 5.74) is 2.63. The molecule has 3 aromatic rings. The van der Waals surface area contributed by atoms with Crippen LogP contribution in [-0.4, -0.2) is 54.8 Å².